The molecule has 0 bridgehead atoms. The number of anilines is 5. The van der Waals surface area contributed by atoms with E-state index in [0.717, 1.165) is 22.9 Å². The Labute approximate surface area is 214 Å². The van der Waals surface area contributed by atoms with Crippen molar-refractivity contribution in [2.45, 2.75) is 16.7 Å². The fraction of sp³-hybridized carbons (Fsp3) is 0.0323. The van der Waals surface area contributed by atoms with E-state index in [1.807, 2.05) is 17.8 Å². The van der Waals surface area contributed by atoms with Crippen LogP contribution in [0.5, 0.6) is 11.5 Å². The summed E-state index contributed by atoms with van der Waals surface area (Å²) in [4.78, 5) is 7.64. The normalized spacial score (nSPS) is 14.8. The van der Waals surface area contributed by atoms with Gasteiger partial charge in [0.1, 0.15) is 0 Å². The van der Waals surface area contributed by atoms with Crippen molar-refractivity contribution in [3.8, 4) is 22.6 Å². The molecule has 168 valence electrons. The van der Waals surface area contributed by atoms with Crippen molar-refractivity contribution in [2.75, 3.05) is 9.71 Å². The highest BCUT2D eigenvalue weighted by molar-refractivity contribution is 7.99. The molecule has 0 radical (unpaired) electrons. The zero-order valence-corrected chi connectivity index (χ0v) is 20.3. The molecule has 0 fully saturated rings. The highest BCUT2D eigenvalue weighted by Crippen LogP contribution is 2.57. The molecule has 5 aromatic rings. The highest BCUT2D eigenvalue weighted by atomic mass is 32.2. The van der Waals surface area contributed by atoms with Crippen LogP contribution < -0.4 is 25.4 Å². The van der Waals surface area contributed by atoms with Crippen LogP contribution in [0.25, 0.3) is 11.1 Å². The molecule has 0 unspecified atom stereocenters. The number of ether oxygens (including phenoxy) is 1. The zero-order chi connectivity index (χ0) is 23.5. The van der Waals surface area contributed by atoms with Gasteiger partial charge in [0.05, 0.1) is 17.1 Å². The molecule has 0 saturated carbocycles. The minimum Gasteiger partial charge on any atom is -0.453 e. The molecule has 0 amide bonds. The Bertz CT molecular complexity index is 1800. The van der Waals surface area contributed by atoms with Crippen LogP contribution >= 0.6 is 11.8 Å². The monoisotopic (exact) mass is 478 g/mol. The Kier molecular flexibility index (Phi) is 3.49. The molecule has 5 heteroatoms. The summed E-state index contributed by atoms with van der Waals surface area (Å²) < 4.78 is 6.49. The minimum atomic E-state index is 0.0614. The van der Waals surface area contributed by atoms with Crippen LogP contribution in [-0.2, 0) is 0 Å². The molecule has 0 spiro atoms. The third kappa shape index (κ3) is 2.23. The smallest absolute Gasteiger partial charge is 0.333 e. The van der Waals surface area contributed by atoms with Crippen molar-refractivity contribution >= 4 is 58.0 Å². The Morgan fingerprint density at radius 1 is 0.667 bits per heavy atom. The SMILES string of the molecule is Cc1cc2c3c(c1)N1c4ccccc4Oc4cccc(c41)B3N1c3ccccc3Sc3cccc-2c31. The van der Waals surface area contributed by atoms with Crippen LogP contribution in [-0.4, -0.2) is 6.85 Å². The van der Waals surface area contributed by atoms with E-state index in [4.69, 9.17) is 4.74 Å². The molecule has 0 aromatic heterocycles. The van der Waals surface area contributed by atoms with Gasteiger partial charge in [0.25, 0.3) is 0 Å². The van der Waals surface area contributed by atoms with Crippen molar-refractivity contribution in [1.82, 2.24) is 0 Å². The standard InChI is InChI=1S/C31H19BN2OS/c1-18-16-20-19-8-6-15-28-30(19)34(23-11-3-5-14-27(23)36-28)32-21-9-7-13-26-31(21)33(24(17-18)29(20)32)22-10-2-4-12-25(22)35-26/h2-17H,1H3. The maximum Gasteiger partial charge on any atom is 0.333 e. The fourth-order valence-electron chi connectivity index (χ4n) is 6.52. The highest BCUT2D eigenvalue weighted by Gasteiger charge is 2.49. The van der Waals surface area contributed by atoms with Crippen LogP contribution in [0.1, 0.15) is 5.56 Å². The van der Waals surface area contributed by atoms with E-state index in [-0.39, 0.29) is 6.85 Å². The summed E-state index contributed by atoms with van der Waals surface area (Å²) in [5.41, 5.74) is 12.6. The predicted molar refractivity (Wildman–Crippen MR) is 149 cm³/mol. The largest absolute Gasteiger partial charge is 0.453 e. The van der Waals surface area contributed by atoms with Gasteiger partial charge < -0.3 is 14.4 Å². The van der Waals surface area contributed by atoms with Gasteiger partial charge in [-0.2, -0.15) is 0 Å². The molecule has 0 aliphatic carbocycles. The van der Waals surface area contributed by atoms with Gasteiger partial charge in [-0.15, -0.1) is 0 Å². The van der Waals surface area contributed by atoms with E-state index in [2.05, 4.69) is 108 Å². The lowest BCUT2D eigenvalue weighted by Gasteiger charge is -2.49. The molecule has 0 atom stereocenters. The number of hydrogen-bond acceptors (Lipinski definition) is 4. The number of aryl methyl sites for hydroxylation is 1. The van der Waals surface area contributed by atoms with Crippen LogP contribution in [0, 0.1) is 6.92 Å². The summed E-state index contributed by atoms with van der Waals surface area (Å²) >= 11 is 1.88. The number of nitrogens with zero attached hydrogens (tertiary/aromatic N) is 2. The fourth-order valence-corrected chi connectivity index (χ4v) is 7.62. The van der Waals surface area contributed by atoms with Gasteiger partial charge in [-0.1, -0.05) is 66.4 Å². The van der Waals surface area contributed by atoms with Crippen LogP contribution in [0.4, 0.5) is 28.4 Å². The van der Waals surface area contributed by atoms with E-state index < -0.39 is 0 Å². The Morgan fingerprint density at radius 3 is 2.39 bits per heavy atom. The Morgan fingerprint density at radius 2 is 1.44 bits per heavy atom. The van der Waals surface area contributed by atoms with E-state index >= 15 is 0 Å². The second-order valence-electron chi connectivity index (χ2n) is 9.84. The number of para-hydroxylation sites is 5. The second-order valence-corrected chi connectivity index (χ2v) is 10.9. The van der Waals surface area contributed by atoms with Gasteiger partial charge in [0.15, 0.2) is 11.5 Å². The van der Waals surface area contributed by atoms with Gasteiger partial charge in [-0.3, -0.25) is 0 Å². The summed E-state index contributed by atoms with van der Waals surface area (Å²) in [5, 5.41) is 0. The van der Waals surface area contributed by atoms with Crippen molar-refractivity contribution in [3.63, 3.8) is 0 Å². The first-order chi connectivity index (χ1) is 17.8. The second kappa shape index (κ2) is 6.57. The molecule has 0 saturated heterocycles. The Hall–Kier alpha value is -4.09. The molecular weight excluding hydrogens is 459 g/mol. The zero-order valence-electron chi connectivity index (χ0n) is 19.5. The first-order valence-electron chi connectivity index (χ1n) is 12.3. The molecule has 36 heavy (non-hydrogen) atoms. The van der Waals surface area contributed by atoms with E-state index in [1.54, 1.807) is 0 Å². The molecule has 3 nitrogen and oxygen atoms in total. The molecule has 9 rings (SSSR count). The summed E-state index contributed by atoms with van der Waals surface area (Å²) in [7, 11) is 0. The number of rotatable bonds is 0. The maximum atomic E-state index is 6.49. The van der Waals surface area contributed by atoms with Crippen molar-refractivity contribution in [3.05, 3.63) is 103 Å². The van der Waals surface area contributed by atoms with Gasteiger partial charge >= 0.3 is 6.85 Å². The van der Waals surface area contributed by atoms with Gasteiger partial charge in [0.2, 0.25) is 0 Å². The van der Waals surface area contributed by atoms with Gasteiger partial charge in [-0.05, 0) is 71.4 Å². The summed E-state index contributed by atoms with van der Waals surface area (Å²) in [5.74, 6) is 1.81. The summed E-state index contributed by atoms with van der Waals surface area (Å²) in [6.45, 7) is 2.28. The molecule has 4 heterocycles. The minimum absolute atomic E-state index is 0.0614. The molecule has 0 N–H and O–H groups in total. The number of benzene rings is 5. The first-order valence-corrected chi connectivity index (χ1v) is 13.1. The molecule has 5 aromatic carbocycles. The topological polar surface area (TPSA) is 15.7 Å². The lowest BCUT2D eigenvalue weighted by atomic mass is 9.43. The van der Waals surface area contributed by atoms with E-state index in [0.29, 0.717) is 0 Å². The molecule has 4 aliphatic rings. The third-order valence-electron chi connectivity index (χ3n) is 7.82. The van der Waals surface area contributed by atoms with E-state index in [9.17, 15) is 0 Å². The van der Waals surface area contributed by atoms with Crippen LogP contribution in [0.15, 0.2) is 107 Å². The van der Waals surface area contributed by atoms with Crippen molar-refractivity contribution < 1.29 is 4.74 Å². The summed E-state index contributed by atoms with van der Waals surface area (Å²) in [6.07, 6.45) is 0. The Balaban J connectivity index is 1.46. The lowest BCUT2D eigenvalue weighted by Crippen LogP contribution is -2.62. The summed E-state index contributed by atoms with van der Waals surface area (Å²) in [6, 6.07) is 35.3. The average molecular weight is 478 g/mol. The quantitative estimate of drug-likeness (QED) is 0.213. The predicted octanol–water partition coefficient (Wildman–Crippen LogP) is 7.27. The van der Waals surface area contributed by atoms with Gasteiger partial charge in [0, 0.05) is 26.7 Å². The van der Waals surface area contributed by atoms with Crippen LogP contribution in [0.3, 0.4) is 0 Å². The number of hydrogen-bond donors (Lipinski definition) is 0. The van der Waals surface area contributed by atoms with Crippen LogP contribution in [0.2, 0.25) is 0 Å². The van der Waals surface area contributed by atoms with Crippen molar-refractivity contribution in [1.29, 1.82) is 0 Å². The molecule has 4 aliphatic heterocycles. The first kappa shape index (κ1) is 19.1. The maximum absolute atomic E-state index is 6.49. The third-order valence-corrected chi connectivity index (χ3v) is 8.94. The lowest BCUT2D eigenvalue weighted by molar-refractivity contribution is 0.477. The average Bonchev–Trinajstić information content (AvgIpc) is 2.91. The van der Waals surface area contributed by atoms with E-state index in [1.165, 1.54) is 54.5 Å². The molecular formula is C31H19BN2OS. The van der Waals surface area contributed by atoms with Crippen molar-refractivity contribution in [2.24, 2.45) is 0 Å². The van der Waals surface area contributed by atoms with Gasteiger partial charge in [-0.25, -0.2) is 0 Å². The number of fused-ring (bicyclic) bond motifs is 8.